The van der Waals surface area contributed by atoms with E-state index in [0.29, 0.717) is 0 Å². The lowest BCUT2D eigenvalue weighted by Crippen LogP contribution is -2.03. The third kappa shape index (κ3) is 2.99. The van der Waals surface area contributed by atoms with E-state index in [-0.39, 0.29) is 0 Å². The fourth-order valence-corrected chi connectivity index (χ4v) is 1.42. The summed E-state index contributed by atoms with van der Waals surface area (Å²) in [4.78, 5) is 4.25. The second-order valence-electron chi connectivity index (χ2n) is 3.07. The first-order valence-corrected chi connectivity index (χ1v) is 5.40. The predicted octanol–water partition coefficient (Wildman–Crippen LogP) is 3.36. The van der Waals surface area contributed by atoms with Gasteiger partial charge in [0.2, 0.25) is 0 Å². The number of aromatic nitrogens is 1. The highest BCUT2D eigenvalue weighted by Gasteiger charge is 2.01. The largest absolute Gasteiger partial charge is 0.369 e. The lowest BCUT2D eigenvalue weighted by molar-refractivity contribution is 0.830. The first-order valence-electron chi connectivity index (χ1n) is 4.60. The summed E-state index contributed by atoms with van der Waals surface area (Å²) in [5.74, 6) is 0.952. The van der Waals surface area contributed by atoms with Crippen molar-refractivity contribution in [1.82, 2.24) is 4.98 Å². The Bertz CT molecular complexity index is 274. The van der Waals surface area contributed by atoms with E-state index in [1.165, 1.54) is 18.4 Å². The fourth-order valence-electron chi connectivity index (χ4n) is 1.05. The quantitative estimate of drug-likeness (QED) is 0.820. The molecule has 0 bridgehead atoms. The molecule has 1 rings (SSSR count). The molecule has 0 aliphatic carbocycles. The van der Waals surface area contributed by atoms with Gasteiger partial charge in [-0.25, -0.2) is 4.98 Å². The van der Waals surface area contributed by atoms with Crippen molar-refractivity contribution < 1.29 is 0 Å². The molecule has 3 heteroatoms. The van der Waals surface area contributed by atoms with Crippen molar-refractivity contribution in [2.75, 3.05) is 11.9 Å². The lowest BCUT2D eigenvalue weighted by atomic mass is 10.3. The summed E-state index contributed by atoms with van der Waals surface area (Å²) in [6, 6.07) is 2.00. The number of pyridine rings is 1. The number of unbranched alkanes of at least 4 members (excludes halogenated alkanes) is 1. The van der Waals surface area contributed by atoms with Crippen LogP contribution in [0.4, 0.5) is 5.82 Å². The Labute approximate surface area is 87.9 Å². The lowest BCUT2D eigenvalue weighted by Gasteiger charge is -2.07. The van der Waals surface area contributed by atoms with Crippen molar-refractivity contribution in [1.29, 1.82) is 0 Å². The first kappa shape index (κ1) is 10.5. The number of halogens is 1. The minimum atomic E-state index is 0.952. The van der Waals surface area contributed by atoms with Gasteiger partial charge in [0.1, 0.15) is 5.82 Å². The normalized spacial score (nSPS) is 10.1. The molecule has 0 unspecified atom stereocenters. The van der Waals surface area contributed by atoms with Crippen LogP contribution < -0.4 is 5.32 Å². The Morgan fingerprint density at radius 1 is 1.54 bits per heavy atom. The van der Waals surface area contributed by atoms with Gasteiger partial charge >= 0.3 is 0 Å². The third-order valence-electron chi connectivity index (χ3n) is 1.91. The van der Waals surface area contributed by atoms with Crippen LogP contribution in [0.3, 0.4) is 0 Å². The summed E-state index contributed by atoms with van der Waals surface area (Å²) in [6.07, 6.45) is 4.22. The van der Waals surface area contributed by atoms with E-state index in [2.05, 4.69) is 40.1 Å². The van der Waals surface area contributed by atoms with Crippen LogP contribution in [0.25, 0.3) is 0 Å². The van der Waals surface area contributed by atoms with E-state index in [0.717, 1.165) is 16.8 Å². The fraction of sp³-hybridized carbons (Fsp3) is 0.500. The number of hydrogen-bond acceptors (Lipinski definition) is 2. The van der Waals surface area contributed by atoms with Crippen LogP contribution in [0.15, 0.2) is 16.7 Å². The molecule has 72 valence electrons. The van der Waals surface area contributed by atoms with Gasteiger partial charge in [0.25, 0.3) is 0 Å². The molecule has 13 heavy (non-hydrogen) atoms. The van der Waals surface area contributed by atoms with Crippen LogP contribution >= 0.6 is 15.9 Å². The minimum absolute atomic E-state index is 0.952. The standard InChI is InChI=1S/C10H15BrN2/c1-3-4-6-12-10-9(11)8(2)5-7-13-10/h5,7H,3-4,6H2,1-2H3,(H,12,13). The molecule has 1 aromatic rings. The molecule has 0 aliphatic heterocycles. The van der Waals surface area contributed by atoms with Gasteiger partial charge in [0.15, 0.2) is 0 Å². The van der Waals surface area contributed by atoms with Gasteiger partial charge in [-0.2, -0.15) is 0 Å². The monoisotopic (exact) mass is 242 g/mol. The van der Waals surface area contributed by atoms with Crippen LogP contribution in [0.5, 0.6) is 0 Å². The number of hydrogen-bond donors (Lipinski definition) is 1. The molecule has 1 N–H and O–H groups in total. The van der Waals surface area contributed by atoms with Crippen molar-refractivity contribution in [3.8, 4) is 0 Å². The molecular formula is C10H15BrN2. The SMILES string of the molecule is CCCCNc1nccc(C)c1Br. The molecular weight excluding hydrogens is 228 g/mol. The average Bonchev–Trinajstić information content (AvgIpc) is 2.13. The molecule has 1 aromatic heterocycles. The number of aryl methyl sites for hydroxylation is 1. The van der Waals surface area contributed by atoms with E-state index in [1.807, 2.05) is 12.3 Å². The van der Waals surface area contributed by atoms with Crippen LogP contribution in [-0.2, 0) is 0 Å². The Hall–Kier alpha value is -0.570. The van der Waals surface area contributed by atoms with E-state index in [9.17, 15) is 0 Å². The van der Waals surface area contributed by atoms with Crippen LogP contribution in [0, 0.1) is 6.92 Å². The molecule has 0 aliphatic rings. The highest BCUT2D eigenvalue weighted by Crippen LogP contribution is 2.22. The Balaban J connectivity index is 2.61. The zero-order chi connectivity index (χ0) is 9.68. The topological polar surface area (TPSA) is 24.9 Å². The smallest absolute Gasteiger partial charge is 0.140 e. The summed E-state index contributed by atoms with van der Waals surface area (Å²) in [7, 11) is 0. The third-order valence-corrected chi connectivity index (χ3v) is 2.91. The van der Waals surface area contributed by atoms with Gasteiger partial charge < -0.3 is 5.32 Å². The highest BCUT2D eigenvalue weighted by atomic mass is 79.9. The summed E-state index contributed by atoms with van der Waals surface area (Å²) < 4.78 is 1.08. The van der Waals surface area contributed by atoms with E-state index < -0.39 is 0 Å². The van der Waals surface area contributed by atoms with Crippen molar-refractivity contribution in [3.05, 3.63) is 22.3 Å². The molecule has 0 saturated heterocycles. The summed E-state index contributed by atoms with van der Waals surface area (Å²) in [6.45, 7) is 5.24. The van der Waals surface area contributed by atoms with Gasteiger partial charge in [-0.05, 0) is 40.9 Å². The number of rotatable bonds is 4. The molecule has 2 nitrogen and oxygen atoms in total. The van der Waals surface area contributed by atoms with Crippen LogP contribution in [0.1, 0.15) is 25.3 Å². The van der Waals surface area contributed by atoms with Crippen molar-refractivity contribution >= 4 is 21.7 Å². The van der Waals surface area contributed by atoms with E-state index >= 15 is 0 Å². The second kappa shape index (κ2) is 5.22. The molecule has 0 saturated carbocycles. The summed E-state index contributed by atoms with van der Waals surface area (Å²) in [5, 5.41) is 3.30. The maximum absolute atomic E-state index is 4.25. The van der Waals surface area contributed by atoms with Crippen LogP contribution in [0.2, 0.25) is 0 Å². The van der Waals surface area contributed by atoms with Gasteiger partial charge in [-0.15, -0.1) is 0 Å². The molecule has 1 heterocycles. The number of anilines is 1. The number of nitrogens with one attached hydrogen (secondary N) is 1. The van der Waals surface area contributed by atoms with Crippen molar-refractivity contribution in [2.45, 2.75) is 26.7 Å². The average molecular weight is 243 g/mol. The van der Waals surface area contributed by atoms with Crippen LogP contribution in [-0.4, -0.2) is 11.5 Å². The minimum Gasteiger partial charge on any atom is -0.369 e. The predicted molar refractivity (Wildman–Crippen MR) is 60.1 cm³/mol. The second-order valence-corrected chi connectivity index (χ2v) is 3.86. The van der Waals surface area contributed by atoms with Gasteiger partial charge in [-0.3, -0.25) is 0 Å². The van der Waals surface area contributed by atoms with Gasteiger partial charge in [0, 0.05) is 12.7 Å². The zero-order valence-electron chi connectivity index (χ0n) is 8.10. The molecule has 0 aromatic carbocycles. The Morgan fingerprint density at radius 3 is 3.00 bits per heavy atom. The maximum Gasteiger partial charge on any atom is 0.140 e. The van der Waals surface area contributed by atoms with Crippen molar-refractivity contribution in [2.24, 2.45) is 0 Å². The van der Waals surface area contributed by atoms with E-state index in [1.54, 1.807) is 0 Å². The number of nitrogens with zero attached hydrogens (tertiary/aromatic N) is 1. The Kier molecular flexibility index (Phi) is 4.22. The molecule has 0 spiro atoms. The molecule has 0 amide bonds. The van der Waals surface area contributed by atoms with E-state index in [4.69, 9.17) is 0 Å². The Morgan fingerprint density at radius 2 is 2.31 bits per heavy atom. The zero-order valence-corrected chi connectivity index (χ0v) is 9.69. The molecule has 0 radical (unpaired) electrons. The van der Waals surface area contributed by atoms with Gasteiger partial charge in [-0.1, -0.05) is 13.3 Å². The van der Waals surface area contributed by atoms with Gasteiger partial charge in [0.05, 0.1) is 4.47 Å². The summed E-state index contributed by atoms with van der Waals surface area (Å²) in [5.41, 5.74) is 1.22. The highest BCUT2D eigenvalue weighted by molar-refractivity contribution is 9.10. The first-order chi connectivity index (χ1) is 6.25. The summed E-state index contributed by atoms with van der Waals surface area (Å²) >= 11 is 3.51. The molecule has 0 fully saturated rings. The maximum atomic E-state index is 4.25. The molecule has 0 atom stereocenters. The van der Waals surface area contributed by atoms with Crippen molar-refractivity contribution in [3.63, 3.8) is 0 Å².